The fourth-order valence-corrected chi connectivity index (χ4v) is 4.01. The van der Waals surface area contributed by atoms with Gasteiger partial charge in [0.1, 0.15) is 17.3 Å². The second kappa shape index (κ2) is 8.79. The lowest BCUT2D eigenvalue weighted by molar-refractivity contribution is 0.102. The third kappa shape index (κ3) is 4.13. The molecule has 0 radical (unpaired) electrons. The van der Waals surface area contributed by atoms with E-state index in [2.05, 4.69) is 20.1 Å². The number of benzene rings is 2. The molecule has 2 heterocycles. The van der Waals surface area contributed by atoms with Gasteiger partial charge in [-0.3, -0.25) is 4.79 Å². The highest BCUT2D eigenvalue weighted by atomic mass is 16.5. The van der Waals surface area contributed by atoms with E-state index in [9.17, 15) is 4.79 Å². The van der Waals surface area contributed by atoms with Gasteiger partial charge in [-0.2, -0.15) is 0 Å². The Balaban J connectivity index is 1.65. The number of nitrogens with zero attached hydrogens (tertiary/aromatic N) is 3. The summed E-state index contributed by atoms with van der Waals surface area (Å²) in [6, 6.07) is 9.46. The molecule has 7 heteroatoms. The number of hydrogen-bond acceptors (Lipinski definition) is 5. The first kappa shape index (κ1) is 20.9. The number of aromatic nitrogens is 3. The number of ether oxygens (including phenoxy) is 2. The molecule has 0 saturated heterocycles. The zero-order valence-corrected chi connectivity index (χ0v) is 18.5. The molecule has 1 aliphatic heterocycles. The Morgan fingerprint density at radius 3 is 2.45 bits per heavy atom. The number of carbonyl (C=O) groups is 1. The van der Waals surface area contributed by atoms with Gasteiger partial charge in [0.15, 0.2) is 5.82 Å². The van der Waals surface area contributed by atoms with Crippen LogP contribution in [0.4, 0.5) is 5.69 Å². The number of amides is 1. The normalized spacial score (nSPS) is 13.3. The van der Waals surface area contributed by atoms with Crippen molar-refractivity contribution >= 4 is 11.6 Å². The van der Waals surface area contributed by atoms with Crippen molar-refractivity contribution in [2.45, 2.75) is 46.1 Å². The fraction of sp³-hybridized carbons (Fsp3) is 0.375. The minimum Gasteiger partial charge on any atom is -0.496 e. The summed E-state index contributed by atoms with van der Waals surface area (Å²) in [7, 11) is 3.16. The van der Waals surface area contributed by atoms with Crippen LogP contribution < -0.4 is 14.8 Å². The van der Waals surface area contributed by atoms with Gasteiger partial charge in [-0.1, -0.05) is 18.6 Å². The minimum absolute atomic E-state index is 0.225. The summed E-state index contributed by atoms with van der Waals surface area (Å²) in [5.41, 5.74) is 3.99. The number of anilines is 1. The summed E-state index contributed by atoms with van der Waals surface area (Å²) in [5, 5.41) is 11.9. The van der Waals surface area contributed by atoms with Crippen LogP contribution in [0.15, 0.2) is 30.3 Å². The molecule has 0 saturated carbocycles. The Bertz CT molecular complexity index is 1100. The lowest BCUT2D eigenvalue weighted by Crippen LogP contribution is -2.14. The van der Waals surface area contributed by atoms with Crippen LogP contribution in [0.1, 0.15) is 46.6 Å². The van der Waals surface area contributed by atoms with Crippen molar-refractivity contribution in [2.75, 3.05) is 19.5 Å². The van der Waals surface area contributed by atoms with Crippen molar-refractivity contribution in [3.63, 3.8) is 0 Å². The van der Waals surface area contributed by atoms with Crippen molar-refractivity contribution in [3.05, 3.63) is 52.8 Å². The third-order valence-corrected chi connectivity index (χ3v) is 5.87. The van der Waals surface area contributed by atoms with Crippen LogP contribution in [0.5, 0.6) is 11.5 Å². The number of aryl methyl sites for hydroxylation is 2. The molecule has 162 valence electrons. The van der Waals surface area contributed by atoms with Crippen LogP contribution in [0, 0.1) is 13.8 Å². The summed E-state index contributed by atoms with van der Waals surface area (Å²) in [5.74, 6) is 2.89. The van der Waals surface area contributed by atoms with Crippen LogP contribution in [0.3, 0.4) is 0 Å². The van der Waals surface area contributed by atoms with E-state index in [0.717, 1.165) is 59.8 Å². The minimum atomic E-state index is -0.225. The summed E-state index contributed by atoms with van der Waals surface area (Å²) in [6.07, 6.45) is 4.45. The van der Waals surface area contributed by atoms with E-state index in [-0.39, 0.29) is 5.91 Å². The standard InChI is InChI=1S/C24H28N4O3/c1-15-9-10-17(23-27-26-22-8-6-5-7-11-28(22)23)12-19(15)25-24(29)18-13-20(30-3)16(2)21(14-18)31-4/h9-10,12-14H,5-8,11H2,1-4H3,(H,25,29). The number of carbonyl (C=O) groups excluding carboxylic acids is 1. The van der Waals surface area contributed by atoms with Crippen LogP contribution in [-0.2, 0) is 13.0 Å². The van der Waals surface area contributed by atoms with Crippen molar-refractivity contribution in [2.24, 2.45) is 0 Å². The van der Waals surface area contributed by atoms with Gasteiger partial charge < -0.3 is 19.4 Å². The van der Waals surface area contributed by atoms with E-state index in [1.54, 1.807) is 26.4 Å². The second-order valence-electron chi connectivity index (χ2n) is 7.89. The molecule has 1 N–H and O–H groups in total. The summed E-state index contributed by atoms with van der Waals surface area (Å²) in [6.45, 7) is 4.80. The lowest BCUT2D eigenvalue weighted by Gasteiger charge is -2.14. The maximum absolute atomic E-state index is 13.0. The summed E-state index contributed by atoms with van der Waals surface area (Å²) < 4.78 is 13.0. The molecule has 31 heavy (non-hydrogen) atoms. The molecular formula is C24H28N4O3. The van der Waals surface area contributed by atoms with E-state index in [1.807, 2.05) is 32.0 Å². The van der Waals surface area contributed by atoms with Gasteiger partial charge in [0.05, 0.1) is 14.2 Å². The number of methoxy groups -OCH3 is 2. The lowest BCUT2D eigenvalue weighted by atomic mass is 10.1. The van der Waals surface area contributed by atoms with E-state index < -0.39 is 0 Å². The quantitative estimate of drug-likeness (QED) is 0.655. The van der Waals surface area contributed by atoms with Crippen molar-refractivity contribution in [1.82, 2.24) is 14.8 Å². The highest BCUT2D eigenvalue weighted by Gasteiger charge is 2.18. The van der Waals surface area contributed by atoms with Crippen molar-refractivity contribution < 1.29 is 14.3 Å². The van der Waals surface area contributed by atoms with Gasteiger partial charge >= 0.3 is 0 Å². The van der Waals surface area contributed by atoms with E-state index in [0.29, 0.717) is 17.1 Å². The first-order valence-electron chi connectivity index (χ1n) is 10.6. The van der Waals surface area contributed by atoms with Crippen molar-refractivity contribution in [1.29, 1.82) is 0 Å². The molecule has 0 atom stereocenters. The molecule has 1 amide bonds. The highest BCUT2D eigenvalue weighted by molar-refractivity contribution is 6.05. The molecular weight excluding hydrogens is 392 g/mol. The predicted octanol–water partition coefficient (Wildman–Crippen LogP) is 4.56. The molecule has 4 rings (SSSR count). The molecule has 0 spiro atoms. The molecule has 1 aliphatic rings. The maximum Gasteiger partial charge on any atom is 0.255 e. The van der Waals surface area contributed by atoms with E-state index in [1.165, 1.54) is 6.42 Å². The molecule has 0 fully saturated rings. The van der Waals surface area contributed by atoms with Gasteiger partial charge in [0, 0.05) is 35.3 Å². The Hall–Kier alpha value is -3.35. The van der Waals surface area contributed by atoms with Crippen LogP contribution in [0.25, 0.3) is 11.4 Å². The molecule has 0 bridgehead atoms. The average molecular weight is 421 g/mol. The molecule has 0 aliphatic carbocycles. The SMILES string of the molecule is COc1cc(C(=O)Nc2cc(-c3nnc4n3CCCCC4)ccc2C)cc(OC)c1C. The first-order valence-corrected chi connectivity index (χ1v) is 10.6. The smallest absolute Gasteiger partial charge is 0.255 e. The number of fused-ring (bicyclic) bond motifs is 1. The summed E-state index contributed by atoms with van der Waals surface area (Å²) in [4.78, 5) is 13.0. The Morgan fingerprint density at radius 2 is 1.74 bits per heavy atom. The topological polar surface area (TPSA) is 78.3 Å². The Kier molecular flexibility index (Phi) is 5.93. The zero-order valence-electron chi connectivity index (χ0n) is 18.5. The second-order valence-corrected chi connectivity index (χ2v) is 7.89. The largest absolute Gasteiger partial charge is 0.496 e. The van der Waals surface area contributed by atoms with E-state index >= 15 is 0 Å². The molecule has 1 aromatic heterocycles. The number of hydrogen-bond donors (Lipinski definition) is 1. The monoisotopic (exact) mass is 420 g/mol. The Morgan fingerprint density at radius 1 is 1.00 bits per heavy atom. The van der Waals surface area contributed by atoms with E-state index in [4.69, 9.17) is 9.47 Å². The van der Waals surface area contributed by atoms with Gasteiger partial charge in [-0.25, -0.2) is 0 Å². The van der Waals surface area contributed by atoms with Crippen LogP contribution >= 0.6 is 0 Å². The number of nitrogens with one attached hydrogen (secondary N) is 1. The molecule has 2 aromatic carbocycles. The predicted molar refractivity (Wildman–Crippen MR) is 120 cm³/mol. The van der Waals surface area contributed by atoms with Crippen molar-refractivity contribution in [3.8, 4) is 22.9 Å². The van der Waals surface area contributed by atoms with Gasteiger partial charge in [0.2, 0.25) is 0 Å². The van der Waals surface area contributed by atoms with Gasteiger partial charge in [0.25, 0.3) is 5.91 Å². The fourth-order valence-electron chi connectivity index (χ4n) is 4.01. The van der Waals surface area contributed by atoms with Crippen LogP contribution in [0.2, 0.25) is 0 Å². The van der Waals surface area contributed by atoms with Crippen LogP contribution in [-0.4, -0.2) is 34.9 Å². The Labute approximate surface area is 182 Å². The maximum atomic E-state index is 13.0. The molecule has 3 aromatic rings. The number of rotatable bonds is 5. The van der Waals surface area contributed by atoms with Gasteiger partial charge in [-0.15, -0.1) is 10.2 Å². The molecule has 7 nitrogen and oxygen atoms in total. The van der Waals surface area contributed by atoms with Gasteiger partial charge in [-0.05, 0) is 50.5 Å². The summed E-state index contributed by atoms with van der Waals surface area (Å²) >= 11 is 0. The highest BCUT2D eigenvalue weighted by Crippen LogP contribution is 2.31. The molecule has 0 unspecified atom stereocenters. The average Bonchev–Trinajstić information content (AvgIpc) is 3.03. The third-order valence-electron chi connectivity index (χ3n) is 5.87. The first-order chi connectivity index (χ1) is 15.0. The zero-order chi connectivity index (χ0) is 22.0.